The van der Waals surface area contributed by atoms with Crippen molar-refractivity contribution in [3.05, 3.63) is 54.6 Å². The Labute approximate surface area is 244 Å². The molecule has 6 rings (SSSR count). The summed E-state index contributed by atoms with van der Waals surface area (Å²) in [4.78, 5) is 43.8. The monoisotopic (exact) mass is 574 g/mol. The summed E-state index contributed by atoms with van der Waals surface area (Å²) < 4.78 is 8.45. The highest BCUT2D eigenvalue weighted by molar-refractivity contribution is 6.02. The van der Waals surface area contributed by atoms with Gasteiger partial charge in [-0.05, 0) is 56.4 Å². The number of para-hydroxylation sites is 2. The van der Waals surface area contributed by atoms with Gasteiger partial charge in [0.15, 0.2) is 0 Å². The van der Waals surface area contributed by atoms with Crippen molar-refractivity contribution in [3.8, 4) is 0 Å². The van der Waals surface area contributed by atoms with Crippen LogP contribution in [0.1, 0.15) is 51.9 Å². The van der Waals surface area contributed by atoms with Crippen molar-refractivity contribution < 1.29 is 24.2 Å². The lowest BCUT2D eigenvalue weighted by Gasteiger charge is -2.34. The molecule has 11 nitrogen and oxygen atoms in total. The van der Waals surface area contributed by atoms with Crippen LogP contribution in [0.5, 0.6) is 0 Å². The van der Waals surface area contributed by atoms with Gasteiger partial charge in [0.05, 0.1) is 23.0 Å². The maximum atomic E-state index is 14.3. The quantitative estimate of drug-likeness (QED) is 0.283. The van der Waals surface area contributed by atoms with Gasteiger partial charge in [-0.1, -0.05) is 55.3 Å². The van der Waals surface area contributed by atoms with Crippen LogP contribution in [0.3, 0.4) is 0 Å². The summed E-state index contributed by atoms with van der Waals surface area (Å²) in [5.74, 6) is -2.24. The number of carbonyl (C=O) groups excluding carboxylic acids is 3. The molecule has 0 saturated carbocycles. The van der Waals surface area contributed by atoms with Crippen LogP contribution in [0, 0.1) is 11.8 Å². The molecule has 2 unspecified atom stereocenters. The van der Waals surface area contributed by atoms with Crippen molar-refractivity contribution in [2.45, 2.75) is 75.8 Å². The minimum atomic E-state index is -1.09. The van der Waals surface area contributed by atoms with Gasteiger partial charge >= 0.3 is 0 Å². The lowest BCUT2D eigenvalue weighted by molar-refractivity contribution is -0.146. The molecule has 0 radical (unpaired) electrons. The van der Waals surface area contributed by atoms with Crippen LogP contribution < -0.4 is 10.6 Å². The van der Waals surface area contributed by atoms with Crippen LogP contribution in [0.2, 0.25) is 0 Å². The molecule has 5 atom stereocenters. The Balaban J connectivity index is 1.29. The summed E-state index contributed by atoms with van der Waals surface area (Å²) in [6, 6.07) is 15.9. The van der Waals surface area contributed by atoms with Crippen LogP contribution in [0.4, 0.5) is 5.69 Å². The Morgan fingerprint density at radius 3 is 2.57 bits per heavy atom. The fraction of sp³-hybridized carbons (Fsp3) is 0.516. The predicted molar refractivity (Wildman–Crippen MR) is 155 cm³/mol. The van der Waals surface area contributed by atoms with Crippen LogP contribution >= 0.6 is 0 Å². The molecule has 3 aliphatic rings. The summed E-state index contributed by atoms with van der Waals surface area (Å²) in [6.45, 7) is 2.58. The number of aromatic nitrogens is 3. The molecule has 11 heteroatoms. The second-order valence-corrected chi connectivity index (χ2v) is 11.6. The molecule has 222 valence electrons. The number of unbranched alkanes of at least 4 members (excludes halogenated alkanes) is 3. The molecular formula is C31H38N6O5. The van der Waals surface area contributed by atoms with Gasteiger partial charge in [-0.15, -0.1) is 5.10 Å². The number of anilines is 1. The number of ether oxygens (including phenoxy) is 1. The van der Waals surface area contributed by atoms with Crippen molar-refractivity contribution >= 4 is 34.4 Å². The number of aliphatic hydroxyl groups excluding tert-OH is 1. The minimum absolute atomic E-state index is 0.0893. The molecule has 2 aromatic carbocycles. The van der Waals surface area contributed by atoms with E-state index in [1.165, 1.54) is 0 Å². The third-order valence-electron chi connectivity index (χ3n) is 9.38. The van der Waals surface area contributed by atoms with Gasteiger partial charge in [-0.2, -0.15) is 0 Å². The number of rotatable bonds is 12. The fourth-order valence-electron chi connectivity index (χ4n) is 7.43. The van der Waals surface area contributed by atoms with Crippen molar-refractivity contribution in [2.24, 2.45) is 11.8 Å². The fourth-order valence-corrected chi connectivity index (χ4v) is 7.43. The van der Waals surface area contributed by atoms with Crippen LogP contribution in [0.15, 0.2) is 54.6 Å². The minimum Gasteiger partial charge on any atom is -0.396 e. The number of carbonyl (C=O) groups is 3. The number of amides is 3. The van der Waals surface area contributed by atoms with E-state index in [4.69, 9.17) is 9.84 Å². The molecule has 3 aliphatic heterocycles. The Bertz CT molecular complexity index is 1460. The van der Waals surface area contributed by atoms with E-state index in [0.717, 1.165) is 23.9 Å². The first-order valence-corrected chi connectivity index (χ1v) is 15.0. The normalized spacial score (nSPS) is 27.9. The smallest absolute Gasteiger partial charge is 0.247 e. The molecular weight excluding hydrogens is 536 g/mol. The second kappa shape index (κ2) is 11.4. The van der Waals surface area contributed by atoms with Crippen molar-refractivity contribution in [1.29, 1.82) is 0 Å². The van der Waals surface area contributed by atoms with Crippen molar-refractivity contribution in [2.75, 3.05) is 18.5 Å². The number of nitrogens with one attached hydrogen (secondary N) is 2. The van der Waals surface area contributed by atoms with Gasteiger partial charge in [0, 0.05) is 18.8 Å². The number of aliphatic hydroxyl groups is 1. The largest absolute Gasteiger partial charge is 0.396 e. The Kier molecular flexibility index (Phi) is 7.71. The SMILES string of the molecule is CC[C@]12CCC3(O1)C(C(=O)NCn1nnc4ccccc41)N(CCCCCCO)C(=O)[C@@H]3[C@H]2C(=O)Nc1ccccc1. The Hall–Kier alpha value is -3.83. The molecule has 3 fully saturated rings. The van der Waals surface area contributed by atoms with E-state index >= 15 is 0 Å². The van der Waals surface area contributed by atoms with Gasteiger partial charge in [-0.25, -0.2) is 4.68 Å². The molecule has 3 N–H and O–H groups in total. The maximum absolute atomic E-state index is 14.3. The number of likely N-dealkylation sites (tertiary alicyclic amines) is 1. The summed E-state index contributed by atoms with van der Waals surface area (Å²) in [6.07, 6.45) is 4.72. The number of fused-ring (bicyclic) bond motifs is 2. The third kappa shape index (κ3) is 4.64. The molecule has 1 spiro atoms. The zero-order chi connectivity index (χ0) is 29.3. The van der Waals surface area contributed by atoms with E-state index in [-0.39, 0.29) is 31.0 Å². The average Bonchev–Trinajstić information content (AvgIpc) is 3.73. The van der Waals surface area contributed by atoms with Gasteiger partial charge in [0.2, 0.25) is 17.7 Å². The Morgan fingerprint density at radius 1 is 1.02 bits per heavy atom. The number of benzene rings is 2. The van der Waals surface area contributed by atoms with E-state index < -0.39 is 29.1 Å². The zero-order valence-corrected chi connectivity index (χ0v) is 23.9. The highest BCUT2D eigenvalue weighted by atomic mass is 16.5. The van der Waals surface area contributed by atoms with E-state index in [2.05, 4.69) is 20.9 Å². The lowest BCUT2D eigenvalue weighted by atomic mass is 9.65. The molecule has 3 saturated heterocycles. The third-order valence-corrected chi connectivity index (χ3v) is 9.38. The summed E-state index contributed by atoms with van der Waals surface area (Å²) in [5, 5.41) is 23.5. The molecule has 1 aromatic heterocycles. The average molecular weight is 575 g/mol. The topological polar surface area (TPSA) is 139 Å². The summed E-state index contributed by atoms with van der Waals surface area (Å²) in [5.41, 5.74) is 0.267. The van der Waals surface area contributed by atoms with E-state index in [1.54, 1.807) is 9.58 Å². The first kappa shape index (κ1) is 28.3. The van der Waals surface area contributed by atoms with Crippen molar-refractivity contribution in [1.82, 2.24) is 25.2 Å². The zero-order valence-electron chi connectivity index (χ0n) is 23.9. The van der Waals surface area contributed by atoms with Gasteiger partial charge in [0.25, 0.3) is 0 Å². The van der Waals surface area contributed by atoms with Crippen LogP contribution in [-0.4, -0.2) is 73.1 Å². The number of hydrogen-bond donors (Lipinski definition) is 3. The standard InChI is InChI=1S/C31H38N6O5/c1-2-30-16-17-31(42-30)25(24(30)27(39)33-21-12-6-5-7-13-21)29(41)36(18-10-3-4-11-19-38)26(31)28(40)32-20-37-23-15-9-8-14-22(23)34-35-37/h5-9,12-15,24-26,38H,2-4,10-11,16-20H2,1H3,(H,32,40)(H,33,39)/t24-,25-,26?,30+,31?/m0/s1. The van der Waals surface area contributed by atoms with Crippen molar-refractivity contribution in [3.63, 3.8) is 0 Å². The summed E-state index contributed by atoms with van der Waals surface area (Å²) >= 11 is 0. The van der Waals surface area contributed by atoms with Gasteiger partial charge < -0.3 is 25.4 Å². The lowest BCUT2D eigenvalue weighted by Crippen LogP contribution is -2.55. The van der Waals surface area contributed by atoms with E-state index in [9.17, 15) is 14.4 Å². The van der Waals surface area contributed by atoms with Gasteiger partial charge in [-0.3, -0.25) is 14.4 Å². The van der Waals surface area contributed by atoms with E-state index in [0.29, 0.717) is 44.3 Å². The molecule has 3 aromatic rings. The van der Waals surface area contributed by atoms with Crippen LogP contribution in [0.25, 0.3) is 11.0 Å². The predicted octanol–water partition coefficient (Wildman–Crippen LogP) is 2.85. The van der Waals surface area contributed by atoms with Crippen LogP contribution in [-0.2, 0) is 25.8 Å². The molecule has 0 aliphatic carbocycles. The molecule has 3 amide bonds. The molecule has 2 bridgehead atoms. The molecule has 4 heterocycles. The number of nitrogens with zero attached hydrogens (tertiary/aromatic N) is 4. The number of hydrogen-bond acceptors (Lipinski definition) is 7. The van der Waals surface area contributed by atoms with E-state index in [1.807, 2.05) is 61.5 Å². The Morgan fingerprint density at radius 2 is 1.79 bits per heavy atom. The summed E-state index contributed by atoms with van der Waals surface area (Å²) in [7, 11) is 0. The highest BCUT2D eigenvalue weighted by Gasteiger charge is 2.78. The first-order chi connectivity index (χ1) is 20.4. The first-order valence-electron chi connectivity index (χ1n) is 15.0. The molecule has 42 heavy (non-hydrogen) atoms. The van der Waals surface area contributed by atoms with Gasteiger partial charge in [0.1, 0.15) is 23.8 Å². The maximum Gasteiger partial charge on any atom is 0.247 e. The highest BCUT2D eigenvalue weighted by Crippen LogP contribution is 2.64. The second-order valence-electron chi connectivity index (χ2n) is 11.6.